The Morgan fingerprint density at radius 3 is 2.72 bits per heavy atom. The maximum absolute atomic E-state index is 12.1. The quantitative estimate of drug-likeness (QED) is 0.500. The number of anilines is 1. The molecule has 2 radical (unpaired) electrons. The van der Waals surface area contributed by atoms with Crippen molar-refractivity contribution in [3.63, 3.8) is 0 Å². The number of aromatic nitrogens is 2. The van der Waals surface area contributed by atoms with Crippen molar-refractivity contribution in [3.05, 3.63) is 59.5 Å². The standard InChI is InChI=1S/C18H16N4O2.Pb.2H/c1-10-19-14-6-4-3-5-12(14)16(20-10)17-13-8-7-11(24-2)9-15(13)21-18(23)22-17;;;/h3-9,17H,1-2H3,(H2,21,22,23);;;. The Labute approximate surface area is 165 Å². The molecule has 0 saturated heterocycles. The first-order valence-electron chi connectivity index (χ1n) is 7.64. The number of nitrogens with zero attached hydrogens (tertiary/aromatic N) is 2. The third-order valence-corrected chi connectivity index (χ3v) is 4.11. The van der Waals surface area contributed by atoms with Crippen molar-refractivity contribution in [2.45, 2.75) is 13.0 Å². The number of hydrogen-bond donors (Lipinski definition) is 2. The summed E-state index contributed by atoms with van der Waals surface area (Å²) in [5.41, 5.74) is 3.32. The van der Waals surface area contributed by atoms with Crippen LogP contribution in [0.4, 0.5) is 10.5 Å². The van der Waals surface area contributed by atoms with Gasteiger partial charge in [0, 0.05) is 17.0 Å². The van der Waals surface area contributed by atoms with Crippen LogP contribution < -0.4 is 15.4 Å². The van der Waals surface area contributed by atoms with E-state index in [1.165, 1.54) is 0 Å². The predicted molar refractivity (Wildman–Crippen MR) is 99.8 cm³/mol. The van der Waals surface area contributed by atoms with Gasteiger partial charge in [-0.15, -0.1) is 0 Å². The van der Waals surface area contributed by atoms with E-state index in [9.17, 15) is 4.79 Å². The van der Waals surface area contributed by atoms with Crippen LogP contribution in [-0.2, 0) is 0 Å². The zero-order chi connectivity index (χ0) is 16.7. The number of carbonyl (C=O) groups excluding carboxylic acids is 1. The minimum atomic E-state index is -0.341. The fourth-order valence-corrected chi connectivity index (χ4v) is 3.05. The summed E-state index contributed by atoms with van der Waals surface area (Å²) < 4.78 is 5.25. The summed E-state index contributed by atoms with van der Waals surface area (Å²) >= 11 is 0. The number of hydrogen-bond acceptors (Lipinski definition) is 4. The van der Waals surface area contributed by atoms with E-state index in [-0.39, 0.29) is 39.4 Å². The molecule has 0 aliphatic carbocycles. The summed E-state index contributed by atoms with van der Waals surface area (Å²) in [4.78, 5) is 21.2. The van der Waals surface area contributed by atoms with Crippen molar-refractivity contribution in [3.8, 4) is 5.75 Å². The van der Waals surface area contributed by atoms with Gasteiger partial charge in [-0.1, -0.05) is 24.3 Å². The molecule has 0 spiro atoms. The fraction of sp³-hybridized carbons (Fsp3) is 0.167. The van der Waals surface area contributed by atoms with Crippen LogP contribution in [0.25, 0.3) is 10.9 Å². The number of nitrogens with one attached hydrogen (secondary N) is 2. The summed E-state index contributed by atoms with van der Waals surface area (Å²) in [6, 6.07) is 12.8. The number of amides is 2. The average molecular weight is 530 g/mol. The molecular formula is C18H18N4O2Pb. The van der Waals surface area contributed by atoms with Gasteiger partial charge in [-0.05, 0) is 19.1 Å². The molecule has 1 atom stereocenters. The van der Waals surface area contributed by atoms with Crippen molar-refractivity contribution < 1.29 is 9.53 Å². The molecule has 4 rings (SSSR count). The monoisotopic (exact) mass is 530 g/mol. The number of rotatable bonds is 2. The van der Waals surface area contributed by atoms with Gasteiger partial charge in [0.2, 0.25) is 0 Å². The van der Waals surface area contributed by atoms with Gasteiger partial charge in [-0.25, -0.2) is 14.8 Å². The van der Waals surface area contributed by atoms with E-state index in [4.69, 9.17) is 4.74 Å². The van der Waals surface area contributed by atoms with Crippen LogP contribution in [0.1, 0.15) is 23.1 Å². The molecule has 126 valence electrons. The Kier molecular flexibility index (Phi) is 4.89. The van der Waals surface area contributed by atoms with E-state index in [0.29, 0.717) is 11.6 Å². The molecule has 7 heteroatoms. The molecule has 2 amide bonds. The summed E-state index contributed by atoms with van der Waals surface area (Å²) in [6.45, 7) is 1.85. The first-order valence-corrected chi connectivity index (χ1v) is 7.64. The van der Waals surface area contributed by atoms with E-state index in [0.717, 1.165) is 27.8 Å². The van der Waals surface area contributed by atoms with E-state index in [2.05, 4.69) is 20.6 Å². The third-order valence-electron chi connectivity index (χ3n) is 4.11. The maximum atomic E-state index is 12.1. The normalized spacial score (nSPS) is 15.6. The van der Waals surface area contributed by atoms with Crippen LogP contribution in [0, 0.1) is 6.92 Å². The van der Waals surface area contributed by atoms with Gasteiger partial charge in [0.15, 0.2) is 0 Å². The number of benzene rings is 2. The average Bonchev–Trinajstić information content (AvgIpc) is 2.59. The summed E-state index contributed by atoms with van der Waals surface area (Å²) in [6.07, 6.45) is 0. The third kappa shape index (κ3) is 3.18. The molecule has 1 aliphatic rings. The molecule has 0 bridgehead atoms. The Bertz CT molecular complexity index is 961. The van der Waals surface area contributed by atoms with E-state index < -0.39 is 0 Å². The van der Waals surface area contributed by atoms with Crippen LogP contribution in [-0.4, -0.2) is 50.4 Å². The number of fused-ring (bicyclic) bond motifs is 2. The topological polar surface area (TPSA) is 76.1 Å². The zero-order valence-electron chi connectivity index (χ0n) is 14.0. The number of urea groups is 1. The Hall–Kier alpha value is -2.23. The van der Waals surface area contributed by atoms with E-state index in [1.807, 2.05) is 49.4 Å². The van der Waals surface area contributed by atoms with Crippen LogP contribution in [0.2, 0.25) is 0 Å². The minimum absolute atomic E-state index is 0. The van der Waals surface area contributed by atoms with Crippen molar-refractivity contribution in [1.29, 1.82) is 0 Å². The molecule has 1 aromatic heterocycles. The first kappa shape index (κ1) is 17.6. The molecule has 2 heterocycles. The van der Waals surface area contributed by atoms with Crippen molar-refractivity contribution in [2.24, 2.45) is 0 Å². The Morgan fingerprint density at radius 2 is 1.92 bits per heavy atom. The fourth-order valence-electron chi connectivity index (χ4n) is 3.05. The molecule has 2 aromatic carbocycles. The van der Waals surface area contributed by atoms with Crippen LogP contribution in [0.15, 0.2) is 42.5 Å². The van der Waals surface area contributed by atoms with Crippen LogP contribution >= 0.6 is 0 Å². The van der Waals surface area contributed by atoms with Gasteiger partial charge in [-0.2, -0.15) is 0 Å². The second-order valence-electron chi connectivity index (χ2n) is 5.66. The van der Waals surface area contributed by atoms with Crippen molar-refractivity contribution >= 4 is 49.9 Å². The zero-order valence-corrected chi connectivity index (χ0v) is 19.5. The van der Waals surface area contributed by atoms with Crippen LogP contribution in [0.3, 0.4) is 0 Å². The predicted octanol–water partition coefficient (Wildman–Crippen LogP) is 2.26. The van der Waals surface area contributed by atoms with E-state index in [1.54, 1.807) is 7.11 Å². The Balaban J connectivity index is 0.00000182. The molecule has 0 saturated carbocycles. The van der Waals surface area contributed by atoms with Gasteiger partial charge in [-0.3, -0.25) is 0 Å². The van der Waals surface area contributed by atoms with Crippen molar-refractivity contribution in [2.75, 3.05) is 12.4 Å². The number of ether oxygens (including phenoxy) is 1. The summed E-state index contributed by atoms with van der Waals surface area (Å²) in [5.74, 6) is 1.37. The number of aryl methyl sites for hydroxylation is 1. The first-order chi connectivity index (χ1) is 11.7. The molecule has 25 heavy (non-hydrogen) atoms. The van der Waals surface area contributed by atoms with Crippen molar-refractivity contribution in [1.82, 2.24) is 15.3 Å². The number of para-hydroxylation sites is 1. The molecule has 0 fully saturated rings. The van der Waals surface area contributed by atoms with Gasteiger partial charge < -0.3 is 15.4 Å². The molecule has 6 nitrogen and oxygen atoms in total. The molecular weight excluding hydrogens is 511 g/mol. The molecule has 1 unspecified atom stereocenters. The summed E-state index contributed by atoms with van der Waals surface area (Å²) in [5, 5.41) is 6.72. The van der Waals surface area contributed by atoms with Gasteiger partial charge in [0.1, 0.15) is 17.6 Å². The molecule has 3 aromatic rings. The number of methoxy groups -OCH3 is 1. The second kappa shape index (κ2) is 6.95. The number of carbonyl (C=O) groups is 1. The second-order valence-corrected chi connectivity index (χ2v) is 5.66. The Morgan fingerprint density at radius 1 is 1.12 bits per heavy atom. The van der Waals surface area contributed by atoms with Gasteiger partial charge in [0.05, 0.1) is 24.0 Å². The molecule has 1 aliphatic heterocycles. The van der Waals surface area contributed by atoms with Crippen LogP contribution in [0.5, 0.6) is 5.75 Å². The molecule has 2 N–H and O–H groups in total. The van der Waals surface area contributed by atoms with Gasteiger partial charge in [0.25, 0.3) is 0 Å². The van der Waals surface area contributed by atoms with Gasteiger partial charge >= 0.3 is 33.3 Å². The SMILES string of the molecule is COc1ccc2c(c1)NC(=O)NC2c1nc(C)nc2ccccc12.[PbH2]. The summed E-state index contributed by atoms with van der Waals surface area (Å²) in [7, 11) is 1.60. The van der Waals surface area contributed by atoms with E-state index >= 15 is 0 Å².